The van der Waals surface area contributed by atoms with Gasteiger partial charge in [-0.15, -0.1) is 11.3 Å². The van der Waals surface area contributed by atoms with E-state index in [0.717, 1.165) is 10.5 Å². The predicted molar refractivity (Wildman–Crippen MR) is 119 cm³/mol. The maximum Gasteiger partial charge on any atom is 0.265 e. The summed E-state index contributed by atoms with van der Waals surface area (Å²) in [7, 11) is 1.55. The Morgan fingerprint density at radius 1 is 1.06 bits per heavy atom. The topological polar surface area (TPSA) is 66.9 Å². The van der Waals surface area contributed by atoms with Crippen LogP contribution in [-0.2, 0) is 9.59 Å². The highest BCUT2D eigenvalue weighted by Gasteiger charge is 2.46. The molecule has 1 aliphatic heterocycles. The fraction of sp³-hybridized carbons (Fsp3) is 0.208. The lowest BCUT2D eigenvalue weighted by Crippen LogP contribution is -2.46. The molecular weight excluding hydrogens is 412 g/mol. The van der Waals surface area contributed by atoms with Gasteiger partial charge in [0.15, 0.2) is 0 Å². The molecule has 158 valence electrons. The van der Waals surface area contributed by atoms with Crippen LogP contribution in [0.2, 0.25) is 0 Å². The largest absolute Gasteiger partial charge is 0.497 e. The van der Waals surface area contributed by atoms with E-state index < -0.39 is 11.9 Å². The first kappa shape index (κ1) is 20.8. The average Bonchev–Trinajstić information content (AvgIpc) is 3.43. The zero-order valence-corrected chi connectivity index (χ0v) is 18.0. The number of ether oxygens (including phenoxy) is 1. The van der Waals surface area contributed by atoms with Crippen molar-refractivity contribution in [3.8, 4) is 5.75 Å². The summed E-state index contributed by atoms with van der Waals surface area (Å²) in [5.74, 6) is -0.354. The number of nitrogens with zero attached hydrogens (tertiary/aromatic N) is 2. The molecule has 6 nitrogen and oxygen atoms in total. The Hall–Kier alpha value is -3.45. The molecule has 2 heterocycles. The number of hydrogen-bond acceptors (Lipinski definition) is 5. The molecule has 2 unspecified atom stereocenters. The van der Waals surface area contributed by atoms with E-state index in [1.54, 1.807) is 48.4 Å². The summed E-state index contributed by atoms with van der Waals surface area (Å²) in [6.45, 7) is 1.88. The van der Waals surface area contributed by atoms with Gasteiger partial charge in [0.1, 0.15) is 11.8 Å². The van der Waals surface area contributed by atoms with E-state index >= 15 is 0 Å². The first-order chi connectivity index (χ1) is 15.0. The van der Waals surface area contributed by atoms with Gasteiger partial charge in [-0.1, -0.05) is 36.4 Å². The SMILES string of the molecule is COc1ccc(N2C(=O)CC(N(C(=O)c3cccs3)C(C)c3ccccc3)C2=O)cc1. The Morgan fingerprint density at radius 2 is 1.77 bits per heavy atom. The van der Waals surface area contributed by atoms with E-state index in [1.165, 1.54) is 11.3 Å². The molecule has 0 bridgehead atoms. The van der Waals surface area contributed by atoms with Crippen molar-refractivity contribution >= 4 is 34.7 Å². The number of thiophene rings is 1. The second-order valence-electron chi connectivity index (χ2n) is 7.26. The summed E-state index contributed by atoms with van der Waals surface area (Å²) in [5, 5.41) is 1.82. The van der Waals surface area contributed by atoms with Crippen molar-refractivity contribution in [2.24, 2.45) is 0 Å². The Bertz CT molecular complexity index is 1080. The summed E-state index contributed by atoms with van der Waals surface area (Å²) >= 11 is 1.32. The first-order valence-electron chi connectivity index (χ1n) is 9.93. The molecule has 0 N–H and O–H groups in total. The number of anilines is 1. The molecule has 7 heteroatoms. The molecule has 2 atom stereocenters. The molecule has 2 aromatic carbocycles. The molecule has 4 rings (SSSR count). The van der Waals surface area contributed by atoms with E-state index in [0.29, 0.717) is 16.3 Å². The van der Waals surface area contributed by atoms with E-state index in [-0.39, 0.29) is 24.3 Å². The summed E-state index contributed by atoms with van der Waals surface area (Å²) < 4.78 is 5.16. The lowest BCUT2D eigenvalue weighted by molar-refractivity contribution is -0.122. The number of methoxy groups -OCH3 is 1. The second-order valence-corrected chi connectivity index (χ2v) is 8.21. The summed E-state index contributed by atoms with van der Waals surface area (Å²) in [6, 6.07) is 18.5. The average molecular weight is 435 g/mol. The summed E-state index contributed by atoms with van der Waals surface area (Å²) in [4.78, 5) is 42.9. The van der Waals surface area contributed by atoms with E-state index in [4.69, 9.17) is 4.74 Å². The minimum absolute atomic E-state index is 0.0564. The Morgan fingerprint density at radius 3 is 2.39 bits per heavy atom. The van der Waals surface area contributed by atoms with Gasteiger partial charge in [-0.25, -0.2) is 4.90 Å². The van der Waals surface area contributed by atoms with Gasteiger partial charge in [0.2, 0.25) is 5.91 Å². The zero-order valence-electron chi connectivity index (χ0n) is 17.2. The highest BCUT2D eigenvalue weighted by molar-refractivity contribution is 7.12. The highest BCUT2D eigenvalue weighted by atomic mass is 32.1. The van der Waals surface area contributed by atoms with Crippen molar-refractivity contribution in [3.05, 3.63) is 82.6 Å². The van der Waals surface area contributed by atoms with Crippen LogP contribution in [0.5, 0.6) is 5.75 Å². The lowest BCUT2D eigenvalue weighted by atomic mass is 10.0. The van der Waals surface area contributed by atoms with E-state index in [9.17, 15) is 14.4 Å². The van der Waals surface area contributed by atoms with Crippen molar-refractivity contribution < 1.29 is 19.1 Å². The molecule has 0 saturated carbocycles. The lowest BCUT2D eigenvalue weighted by Gasteiger charge is -2.33. The van der Waals surface area contributed by atoms with Crippen LogP contribution in [0.3, 0.4) is 0 Å². The van der Waals surface area contributed by atoms with Crippen LogP contribution in [-0.4, -0.2) is 35.8 Å². The van der Waals surface area contributed by atoms with Crippen LogP contribution in [0, 0.1) is 0 Å². The van der Waals surface area contributed by atoms with Crippen LogP contribution < -0.4 is 9.64 Å². The van der Waals surface area contributed by atoms with Gasteiger partial charge in [0.25, 0.3) is 11.8 Å². The van der Waals surface area contributed by atoms with Gasteiger partial charge in [-0.2, -0.15) is 0 Å². The molecular formula is C24H22N2O4S. The number of rotatable bonds is 6. The fourth-order valence-electron chi connectivity index (χ4n) is 3.84. The Kier molecular flexibility index (Phi) is 5.86. The second kappa shape index (κ2) is 8.73. The molecule has 1 aliphatic rings. The van der Waals surface area contributed by atoms with Crippen molar-refractivity contribution in [2.75, 3.05) is 12.0 Å². The van der Waals surface area contributed by atoms with Gasteiger partial charge >= 0.3 is 0 Å². The standard InChI is InChI=1S/C24H22N2O4S/c1-16(17-7-4-3-5-8-17)25(24(29)21-9-6-14-31-21)20-15-22(27)26(23(20)28)18-10-12-19(30-2)13-11-18/h3-14,16,20H,15H2,1-2H3. The molecule has 31 heavy (non-hydrogen) atoms. The number of benzene rings is 2. The number of carbonyl (C=O) groups excluding carboxylic acids is 3. The van der Waals surface area contributed by atoms with Crippen molar-refractivity contribution in [1.29, 1.82) is 0 Å². The molecule has 0 radical (unpaired) electrons. The van der Waals surface area contributed by atoms with Crippen molar-refractivity contribution in [2.45, 2.75) is 25.4 Å². The maximum atomic E-state index is 13.4. The molecule has 1 fully saturated rings. The summed E-state index contributed by atoms with van der Waals surface area (Å²) in [6.07, 6.45) is -0.0564. The van der Waals surface area contributed by atoms with Crippen LogP contribution in [0.25, 0.3) is 0 Å². The molecule has 0 spiro atoms. The quantitative estimate of drug-likeness (QED) is 0.543. The minimum Gasteiger partial charge on any atom is -0.497 e. The van der Waals surface area contributed by atoms with Gasteiger partial charge in [0, 0.05) is 0 Å². The van der Waals surface area contributed by atoms with E-state index in [2.05, 4.69) is 0 Å². The molecule has 0 aliphatic carbocycles. The van der Waals surface area contributed by atoms with Crippen molar-refractivity contribution in [3.63, 3.8) is 0 Å². The van der Waals surface area contributed by atoms with Gasteiger partial charge in [-0.05, 0) is 48.2 Å². The molecule has 1 saturated heterocycles. The number of imide groups is 1. The third kappa shape index (κ3) is 3.96. The molecule has 3 aromatic rings. The Labute approximate surface area is 184 Å². The molecule has 3 amide bonds. The number of carbonyl (C=O) groups is 3. The van der Waals surface area contributed by atoms with Gasteiger partial charge < -0.3 is 9.64 Å². The predicted octanol–water partition coefficient (Wildman–Crippen LogP) is 4.29. The number of hydrogen-bond donors (Lipinski definition) is 0. The molecule has 1 aromatic heterocycles. The first-order valence-corrected chi connectivity index (χ1v) is 10.8. The summed E-state index contributed by atoms with van der Waals surface area (Å²) in [5.41, 5.74) is 1.37. The maximum absolute atomic E-state index is 13.4. The highest BCUT2D eigenvalue weighted by Crippen LogP contribution is 2.33. The monoisotopic (exact) mass is 434 g/mol. The smallest absolute Gasteiger partial charge is 0.265 e. The van der Waals surface area contributed by atoms with Gasteiger partial charge in [-0.3, -0.25) is 14.4 Å². The van der Waals surface area contributed by atoms with Crippen molar-refractivity contribution in [1.82, 2.24) is 4.90 Å². The third-order valence-corrected chi connectivity index (χ3v) is 6.31. The minimum atomic E-state index is -0.876. The van der Waals surface area contributed by atoms with E-state index in [1.807, 2.05) is 42.6 Å². The normalized spacial score (nSPS) is 17.0. The third-order valence-electron chi connectivity index (χ3n) is 5.45. The van der Waals surface area contributed by atoms with Gasteiger partial charge in [0.05, 0.1) is 30.1 Å². The van der Waals surface area contributed by atoms with Crippen LogP contribution in [0.4, 0.5) is 5.69 Å². The van der Waals surface area contributed by atoms with Crippen LogP contribution >= 0.6 is 11.3 Å². The Balaban J connectivity index is 1.70. The zero-order chi connectivity index (χ0) is 22.0. The fourth-order valence-corrected chi connectivity index (χ4v) is 4.51. The van der Waals surface area contributed by atoms with Crippen LogP contribution in [0.1, 0.15) is 34.6 Å². The van der Waals surface area contributed by atoms with Crippen LogP contribution in [0.15, 0.2) is 72.1 Å². The number of amides is 3.